The van der Waals surface area contributed by atoms with Gasteiger partial charge >= 0.3 is 6.03 Å². The maximum atomic E-state index is 11.8. The summed E-state index contributed by atoms with van der Waals surface area (Å²) >= 11 is 0. The van der Waals surface area contributed by atoms with Crippen LogP contribution in [0.15, 0.2) is 42.5 Å². The van der Waals surface area contributed by atoms with Crippen molar-refractivity contribution in [3.05, 3.63) is 53.6 Å². The lowest BCUT2D eigenvalue weighted by molar-refractivity contribution is 0.256. The van der Waals surface area contributed by atoms with Gasteiger partial charge in [0.1, 0.15) is 5.75 Å². The molecule has 0 unspecified atom stereocenters. The minimum atomic E-state index is -0.581. The van der Waals surface area contributed by atoms with Gasteiger partial charge in [-0.15, -0.1) is 0 Å². The van der Waals surface area contributed by atoms with Crippen molar-refractivity contribution in [3.63, 3.8) is 0 Å². The van der Waals surface area contributed by atoms with Crippen molar-refractivity contribution in [2.75, 3.05) is 4.90 Å². The number of carbonyl (C=O) groups is 1. The number of urea groups is 1. The van der Waals surface area contributed by atoms with E-state index in [-0.39, 0.29) is 5.75 Å². The molecular formula is C15H12N2O2. The summed E-state index contributed by atoms with van der Waals surface area (Å²) in [7, 11) is 0. The lowest BCUT2D eigenvalue weighted by Gasteiger charge is -2.22. The first-order chi connectivity index (χ1) is 9.18. The van der Waals surface area contributed by atoms with Crippen molar-refractivity contribution in [2.45, 2.75) is 0 Å². The van der Waals surface area contributed by atoms with Crippen LogP contribution in [0.4, 0.5) is 16.2 Å². The van der Waals surface area contributed by atoms with E-state index in [1.54, 1.807) is 24.3 Å². The van der Waals surface area contributed by atoms with Crippen LogP contribution in [0.5, 0.6) is 5.75 Å². The number of amides is 2. The molecule has 3 rings (SSSR count). The van der Waals surface area contributed by atoms with Gasteiger partial charge in [-0.1, -0.05) is 30.3 Å². The number of primary amides is 1. The third-order valence-electron chi connectivity index (χ3n) is 3.13. The Kier molecular flexibility index (Phi) is 2.49. The molecule has 1 aliphatic rings. The van der Waals surface area contributed by atoms with E-state index in [9.17, 15) is 9.90 Å². The number of fused-ring (bicyclic) bond motifs is 2. The van der Waals surface area contributed by atoms with Crippen LogP contribution in [0.2, 0.25) is 0 Å². The Bertz CT molecular complexity index is 692. The number of hydrogen-bond acceptors (Lipinski definition) is 2. The highest BCUT2D eigenvalue weighted by Crippen LogP contribution is 2.39. The van der Waals surface area contributed by atoms with Gasteiger partial charge in [0.25, 0.3) is 0 Å². The molecule has 0 aromatic heterocycles. The standard InChI is InChI=1S/C15H12N2O2/c16-15(19)17-12-5-2-1-4-10(12)8-9-11-13(17)6-3-7-14(11)18/h1-9,18H,(H2,16,19). The highest BCUT2D eigenvalue weighted by Gasteiger charge is 2.23. The summed E-state index contributed by atoms with van der Waals surface area (Å²) in [4.78, 5) is 13.2. The van der Waals surface area contributed by atoms with Crippen LogP contribution in [-0.2, 0) is 0 Å². The number of rotatable bonds is 0. The largest absolute Gasteiger partial charge is 0.507 e. The topological polar surface area (TPSA) is 66.6 Å². The van der Waals surface area contributed by atoms with Crippen LogP contribution in [-0.4, -0.2) is 11.1 Å². The number of para-hydroxylation sites is 1. The predicted molar refractivity (Wildman–Crippen MR) is 75.2 cm³/mol. The minimum Gasteiger partial charge on any atom is -0.507 e. The van der Waals surface area contributed by atoms with Gasteiger partial charge in [-0.2, -0.15) is 0 Å². The van der Waals surface area contributed by atoms with Gasteiger partial charge in [0, 0.05) is 5.56 Å². The summed E-state index contributed by atoms with van der Waals surface area (Å²) in [5, 5.41) is 9.93. The van der Waals surface area contributed by atoms with Gasteiger partial charge < -0.3 is 10.8 Å². The Morgan fingerprint density at radius 2 is 1.74 bits per heavy atom. The number of hydrogen-bond donors (Lipinski definition) is 2. The molecular weight excluding hydrogens is 240 g/mol. The smallest absolute Gasteiger partial charge is 0.323 e. The minimum absolute atomic E-state index is 0.118. The number of anilines is 2. The lowest BCUT2D eigenvalue weighted by atomic mass is 10.1. The molecule has 3 N–H and O–H groups in total. The maximum absolute atomic E-state index is 11.8. The summed E-state index contributed by atoms with van der Waals surface area (Å²) in [5.41, 5.74) is 8.23. The molecule has 0 radical (unpaired) electrons. The van der Waals surface area contributed by atoms with Gasteiger partial charge in [-0.25, -0.2) is 4.79 Å². The molecule has 0 bridgehead atoms. The number of benzene rings is 2. The highest BCUT2D eigenvalue weighted by atomic mass is 16.3. The molecule has 1 aliphatic heterocycles. The monoisotopic (exact) mass is 252 g/mol. The number of phenolic OH excluding ortho intramolecular Hbond substituents is 1. The summed E-state index contributed by atoms with van der Waals surface area (Å²) in [6.07, 6.45) is 3.64. The number of nitrogens with two attached hydrogens (primary N) is 1. The molecule has 4 heteroatoms. The second-order valence-electron chi connectivity index (χ2n) is 4.28. The fourth-order valence-corrected chi connectivity index (χ4v) is 2.28. The van der Waals surface area contributed by atoms with E-state index < -0.39 is 6.03 Å². The Labute approximate surface area is 110 Å². The van der Waals surface area contributed by atoms with E-state index in [0.717, 1.165) is 5.56 Å². The summed E-state index contributed by atoms with van der Waals surface area (Å²) in [6.45, 7) is 0. The zero-order valence-corrected chi connectivity index (χ0v) is 10.1. The van der Waals surface area contributed by atoms with Gasteiger partial charge in [0.2, 0.25) is 0 Å². The fraction of sp³-hybridized carbons (Fsp3) is 0. The quantitative estimate of drug-likeness (QED) is 0.756. The van der Waals surface area contributed by atoms with Crippen molar-refractivity contribution in [1.29, 1.82) is 0 Å². The number of carbonyl (C=O) groups excluding carboxylic acids is 1. The molecule has 0 spiro atoms. The number of phenols is 1. The van der Waals surface area contributed by atoms with E-state index in [0.29, 0.717) is 16.9 Å². The molecule has 2 aromatic rings. The van der Waals surface area contributed by atoms with Crippen molar-refractivity contribution in [3.8, 4) is 5.75 Å². The molecule has 0 fully saturated rings. The molecule has 94 valence electrons. The number of nitrogens with zero attached hydrogens (tertiary/aromatic N) is 1. The summed E-state index contributed by atoms with van der Waals surface area (Å²) < 4.78 is 0. The van der Waals surface area contributed by atoms with Gasteiger partial charge in [-0.05, 0) is 29.8 Å². The molecule has 19 heavy (non-hydrogen) atoms. The Morgan fingerprint density at radius 3 is 2.53 bits per heavy atom. The molecule has 0 saturated carbocycles. The van der Waals surface area contributed by atoms with Gasteiger partial charge in [0.05, 0.1) is 11.4 Å². The summed E-state index contributed by atoms with van der Waals surface area (Å²) in [5.74, 6) is 0.118. The van der Waals surface area contributed by atoms with Crippen LogP contribution in [0.25, 0.3) is 12.2 Å². The van der Waals surface area contributed by atoms with Crippen LogP contribution in [0.3, 0.4) is 0 Å². The zero-order valence-electron chi connectivity index (χ0n) is 10.1. The maximum Gasteiger partial charge on any atom is 0.323 e. The van der Waals surface area contributed by atoms with Crippen molar-refractivity contribution in [1.82, 2.24) is 0 Å². The van der Waals surface area contributed by atoms with Crippen LogP contribution >= 0.6 is 0 Å². The summed E-state index contributed by atoms with van der Waals surface area (Å²) in [6, 6.07) is 11.9. The molecule has 4 nitrogen and oxygen atoms in total. The van der Waals surface area contributed by atoms with E-state index in [2.05, 4.69) is 0 Å². The third-order valence-corrected chi connectivity index (χ3v) is 3.13. The SMILES string of the molecule is NC(=O)N1c2ccccc2C=Cc2c(O)cccc21. The van der Waals surface area contributed by atoms with E-state index in [1.165, 1.54) is 4.90 Å². The van der Waals surface area contributed by atoms with Crippen molar-refractivity contribution in [2.24, 2.45) is 5.73 Å². The van der Waals surface area contributed by atoms with Crippen molar-refractivity contribution < 1.29 is 9.90 Å². The molecule has 1 heterocycles. The second kappa shape index (κ2) is 4.17. The van der Waals surface area contributed by atoms with Crippen molar-refractivity contribution >= 4 is 29.6 Å². The predicted octanol–water partition coefficient (Wildman–Crippen LogP) is 3.09. The average Bonchev–Trinajstić information content (AvgIpc) is 2.56. The van der Waals surface area contributed by atoms with E-state index in [1.807, 2.05) is 30.3 Å². The molecule has 2 aromatic carbocycles. The molecule has 2 amide bonds. The first-order valence-corrected chi connectivity index (χ1v) is 5.87. The molecule has 0 aliphatic carbocycles. The van der Waals surface area contributed by atoms with E-state index >= 15 is 0 Å². The highest BCUT2D eigenvalue weighted by molar-refractivity contribution is 6.05. The lowest BCUT2D eigenvalue weighted by Crippen LogP contribution is -2.32. The fourth-order valence-electron chi connectivity index (χ4n) is 2.28. The normalized spacial score (nSPS) is 12.5. The van der Waals surface area contributed by atoms with Gasteiger partial charge in [-0.3, -0.25) is 4.90 Å². The van der Waals surface area contributed by atoms with E-state index in [4.69, 9.17) is 5.73 Å². The Hall–Kier alpha value is -2.75. The Morgan fingerprint density at radius 1 is 1.00 bits per heavy atom. The Balaban J connectivity index is 2.33. The molecule has 0 saturated heterocycles. The third kappa shape index (κ3) is 1.74. The second-order valence-corrected chi connectivity index (χ2v) is 4.28. The first kappa shape index (κ1) is 11.3. The van der Waals surface area contributed by atoms with Crippen LogP contribution in [0.1, 0.15) is 11.1 Å². The average molecular weight is 252 g/mol. The molecule has 0 atom stereocenters. The van der Waals surface area contributed by atoms with Gasteiger partial charge in [0.15, 0.2) is 0 Å². The van der Waals surface area contributed by atoms with Crippen LogP contribution < -0.4 is 10.6 Å². The first-order valence-electron chi connectivity index (χ1n) is 5.87. The van der Waals surface area contributed by atoms with Crippen LogP contribution in [0, 0.1) is 0 Å². The number of aromatic hydroxyl groups is 1. The zero-order chi connectivity index (χ0) is 13.4.